The lowest BCUT2D eigenvalue weighted by atomic mass is 10.1. The summed E-state index contributed by atoms with van der Waals surface area (Å²) in [5.74, 6) is 0.155. The van der Waals surface area contributed by atoms with Gasteiger partial charge in [-0.3, -0.25) is 9.59 Å². The number of benzene rings is 2. The molecular formula is C20H21N3O2S2. The van der Waals surface area contributed by atoms with E-state index in [1.807, 2.05) is 49.4 Å². The fourth-order valence-corrected chi connectivity index (χ4v) is 3.98. The van der Waals surface area contributed by atoms with Crippen molar-refractivity contribution in [3.63, 3.8) is 0 Å². The van der Waals surface area contributed by atoms with Crippen LogP contribution >= 0.6 is 23.1 Å². The third-order valence-electron chi connectivity index (χ3n) is 3.90. The average Bonchev–Trinajstić information content (AvgIpc) is 3.03. The first kappa shape index (κ1) is 19.4. The SMILES string of the molecule is CCc1ccc(NC(=O)CSCC(=O)Nc2nc3cc(C)ccc3s2)cc1. The summed E-state index contributed by atoms with van der Waals surface area (Å²) in [6, 6.07) is 13.8. The maximum atomic E-state index is 12.1. The Hall–Kier alpha value is -2.38. The monoisotopic (exact) mass is 399 g/mol. The molecule has 0 fully saturated rings. The molecule has 0 saturated carbocycles. The molecular weight excluding hydrogens is 378 g/mol. The third kappa shape index (κ3) is 5.55. The number of carbonyl (C=O) groups is 2. The van der Waals surface area contributed by atoms with Gasteiger partial charge in [0, 0.05) is 5.69 Å². The average molecular weight is 400 g/mol. The highest BCUT2D eigenvalue weighted by atomic mass is 32.2. The molecule has 2 amide bonds. The van der Waals surface area contributed by atoms with E-state index in [0.717, 1.165) is 27.9 Å². The van der Waals surface area contributed by atoms with Crippen LogP contribution in [0.4, 0.5) is 10.8 Å². The fourth-order valence-electron chi connectivity index (χ4n) is 2.50. The molecule has 0 aliphatic rings. The van der Waals surface area contributed by atoms with Crippen LogP contribution in [0.2, 0.25) is 0 Å². The Morgan fingerprint density at radius 1 is 1.04 bits per heavy atom. The van der Waals surface area contributed by atoms with Gasteiger partial charge in [-0.1, -0.05) is 36.5 Å². The zero-order valence-electron chi connectivity index (χ0n) is 15.2. The van der Waals surface area contributed by atoms with Gasteiger partial charge < -0.3 is 10.6 Å². The maximum absolute atomic E-state index is 12.1. The first-order valence-electron chi connectivity index (χ1n) is 8.67. The number of thiazole rings is 1. The second-order valence-electron chi connectivity index (χ2n) is 6.13. The van der Waals surface area contributed by atoms with Gasteiger partial charge in [0.05, 0.1) is 21.7 Å². The van der Waals surface area contributed by atoms with Crippen molar-refractivity contribution >= 4 is 55.9 Å². The highest BCUT2D eigenvalue weighted by molar-refractivity contribution is 8.00. The second kappa shape index (κ2) is 9.01. The molecule has 7 heteroatoms. The van der Waals surface area contributed by atoms with Gasteiger partial charge in [0.15, 0.2) is 5.13 Å². The van der Waals surface area contributed by atoms with Gasteiger partial charge in [-0.15, -0.1) is 11.8 Å². The van der Waals surface area contributed by atoms with E-state index < -0.39 is 0 Å². The molecule has 0 atom stereocenters. The molecule has 2 aromatic carbocycles. The van der Waals surface area contributed by atoms with Crippen molar-refractivity contribution in [2.75, 3.05) is 22.1 Å². The van der Waals surface area contributed by atoms with E-state index in [0.29, 0.717) is 5.13 Å². The zero-order valence-corrected chi connectivity index (χ0v) is 16.9. The Morgan fingerprint density at radius 2 is 1.74 bits per heavy atom. The molecule has 0 radical (unpaired) electrons. The number of nitrogens with zero attached hydrogens (tertiary/aromatic N) is 1. The van der Waals surface area contributed by atoms with Gasteiger partial charge >= 0.3 is 0 Å². The van der Waals surface area contributed by atoms with Crippen molar-refractivity contribution in [2.45, 2.75) is 20.3 Å². The normalized spacial score (nSPS) is 10.7. The number of nitrogens with one attached hydrogen (secondary N) is 2. The number of aryl methyl sites for hydroxylation is 2. The lowest BCUT2D eigenvalue weighted by Crippen LogP contribution is -2.18. The molecule has 0 unspecified atom stereocenters. The summed E-state index contributed by atoms with van der Waals surface area (Å²) >= 11 is 2.72. The number of thioether (sulfide) groups is 1. The number of amides is 2. The number of hydrogen-bond donors (Lipinski definition) is 2. The molecule has 3 aromatic rings. The molecule has 0 aliphatic carbocycles. The van der Waals surface area contributed by atoms with Crippen molar-refractivity contribution < 1.29 is 9.59 Å². The number of carbonyl (C=O) groups excluding carboxylic acids is 2. The van der Waals surface area contributed by atoms with Gasteiger partial charge in [-0.05, 0) is 48.7 Å². The summed E-state index contributed by atoms with van der Waals surface area (Å²) in [5.41, 5.74) is 4.02. The Labute approximate surface area is 166 Å². The van der Waals surface area contributed by atoms with E-state index in [-0.39, 0.29) is 23.3 Å². The number of hydrogen-bond acceptors (Lipinski definition) is 5. The van der Waals surface area contributed by atoms with Crippen LogP contribution < -0.4 is 10.6 Å². The summed E-state index contributed by atoms with van der Waals surface area (Å²) in [7, 11) is 0. The standard InChI is InChI=1S/C20H21N3O2S2/c1-3-14-5-7-15(8-6-14)21-18(24)11-26-12-19(25)23-20-22-16-10-13(2)4-9-17(16)27-20/h4-10H,3,11-12H2,1-2H3,(H,21,24)(H,22,23,25). The van der Waals surface area contributed by atoms with Crippen molar-refractivity contribution in [1.82, 2.24) is 4.98 Å². The minimum atomic E-state index is -0.157. The van der Waals surface area contributed by atoms with Crippen LogP contribution in [0.25, 0.3) is 10.2 Å². The highest BCUT2D eigenvalue weighted by Gasteiger charge is 2.10. The van der Waals surface area contributed by atoms with E-state index in [9.17, 15) is 9.59 Å². The number of fused-ring (bicyclic) bond motifs is 1. The third-order valence-corrected chi connectivity index (χ3v) is 5.79. The fraction of sp³-hybridized carbons (Fsp3) is 0.250. The van der Waals surface area contributed by atoms with Crippen molar-refractivity contribution in [3.8, 4) is 0 Å². The van der Waals surface area contributed by atoms with Crippen molar-refractivity contribution in [3.05, 3.63) is 53.6 Å². The molecule has 0 aliphatic heterocycles. The number of aromatic nitrogens is 1. The lowest BCUT2D eigenvalue weighted by Gasteiger charge is -2.06. The summed E-state index contributed by atoms with van der Waals surface area (Å²) < 4.78 is 1.04. The van der Waals surface area contributed by atoms with Gasteiger partial charge in [-0.2, -0.15) is 0 Å². The van der Waals surface area contributed by atoms with Crippen LogP contribution in [0, 0.1) is 6.92 Å². The smallest absolute Gasteiger partial charge is 0.236 e. The van der Waals surface area contributed by atoms with Crippen molar-refractivity contribution in [2.24, 2.45) is 0 Å². The van der Waals surface area contributed by atoms with Crippen LogP contribution in [-0.2, 0) is 16.0 Å². The minimum absolute atomic E-state index is 0.118. The summed E-state index contributed by atoms with van der Waals surface area (Å²) in [6.07, 6.45) is 0.966. The Morgan fingerprint density at radius 3 is 2.44 bits per heavy atom. The highest BCUT2D eigenvalue weighted by Crippen LogP contribution is 2.26. The van der Waals surface area contributed by atoms with Crippen LogP contribution in [0.1, 0.15) is 18.1 Å². The largest absolute Gasteiger partial charge is 0.325 e. The molecule has 140 valence electrons. The van der Waals surface area contributed by atoms with Crippen LogP contribution in [0.3, 0.4) is 0 Å². The molecule has 27 heavy (non-hydrogen) atoms. The molecule has 1 heterocycles. The van der Waals surface area contributed by atoms with Gasteiger partial charge in [0.2, 0.25) is 11.8 Å². The van der Waals surface area contributed by atoms with E-state index in [2.05, 4.69) is 22.5 Å². The first-order valence-corrected chi connectivity index (χ1v) is 10.6. The molecule has 2 N–H and O–H groups in total. The lowest BCUT2D eigenvalue weighted by molar-refractivity contribution is -0.114. The minimum Gasteiger partial charge on any atom is -0.325 e. The summed E-state index contributed by atoms with van der Waals surface area (Å²) in [4.78, 5) is 28.5. The molecule has 3 rings (SSSR count). The topological polar surface area (TPSA) is 71.1 Å². The van der Waals surface area contributed by atoms with E-state index in [4.69, 9.17) is 0 Å². The van der Waals surface area contributed by atoms with Gasteiger partial charge in [-0.25, -0.2) is 4.98 Å². The van der Waals surface area contributed by atoms with Crippen molar-refractivity contribution in [1.29, 1.82) is 0 Å². The Balaban J connectivity index is 1.43. The Kier molecular flexibility index (Phi) is 6.47. The van der Waals surface area contributed by atoms with E-state index in [1.165, 1.54) is 28.7 Å². The Bertz CT molecular complexity index is 952. The zero-order chi connectivity index (χ0) is 19.2. The van der Waals surface area contributed by atoms with E-state index in [1.54, 1.807) is 0 Å². The predicted octanol–water partition coefficient (Wildman–Crippen LogP) is 4.48. The summed E-state index contributed by atoms with van der Waals surface area (Å²) in [6.45, 7) is 4.10. The molecule has 0 saturated heterocycles. The van der Waals surface area contributed by atoms with Gasteiger partial charge in [0.1, 0.15) is 0 Å². The van der Waals surface area contributed by atoms with Crippen LogP contribution in [0.5, 0.6) is 0 Å². The predicted molar refractivity (Wildman–Crippen MR) is 115 cm³/mol. The molecule has 1 aromatic heterocycles. The van der Waals surface area contributed by atoms with Crippen LogP contribution in [0.15, 0.2) is 42.5 Å². The molecule has 0 bridgehead atoms. The quantitative estimate of drug-likeness (QED) is 0.615. The molecule has 5 nitrogen and oxygen atoms in total. The summed E-state index contributed by atoms with van der Waals surface area (Å²) in [5, 5.41) is 6.23. The maximum Gasteiger partial charge on any atom is 0.236 e. The van der Waals surface area contributed by atoms with Gasteiger partial charge in [0.25, 0.3) is 0 Å². The second-order valence-corrected chi connectivity index (χ2v) is 8.15. The van der Waals surface area contributed by atoms with Crippen LogP contribution in [-0.4, -0.2) is 28.3 Å². The number of anilines is 2. The number of rotatable bonds is 7. The molecule has 0 spiro atoms. The van der Waals surface area contributed by atoms with E-state index >= 15 is 0 Å². The first-order chi connectivity index (χ1) is 13.0.